The number of anilines is 4. The maximum absolute atomic E-state index is 6.81. The quantitative estimate of drug-likeness (QED) is 0.156. The van der Waals surface area contributed by atoms with E-state index in [1.807, 2.05) is 12.3 Å². The van der Waals surface area contributed by atoms with Crippen LogP contribution in [0.25, 0.3) is 55.1 Å². The first-order valence-corrected chi connectivity index (χ1v) is 21.3. The van der Waals surface area contributed by atoms with E-state index in [0.29, 0.717) is 11.5 Å². The molecule has 3 aromatic heterocycles. The Morgan fingerprint density at radius 2 is 1.13 bits per heavy atom. The van der Waals surface area contributed by atoms with Crippen molar-refractivity contribution < 1.29 is 25.8 Å². The summed E-state index contributed by atoms with van der Waals surface area (Å²) >= 11 is 0. The topological polar surface area (TPSA) is 38.5 Å². The molecular weight excluding hydrogens is 954 g/mol. The van der Waals surface area contributed by atoms with Gasteiger partial charge in [-0.3, -0.25) is 0 Å². The number of hydrogen-bond donors (Lipinski definition) is 0. The molecule has 0 amide bonds. The van der Waals surface area contributed by atoms with E-state index in [-0.39, 0.29) is 31.9 Å². The van der Waals surface area contributed by atoms with Crippen molar-refractivity contribution in [1.29, 1.82) is 0 Å². The summed E-state index contributed by atoms with van der Waals surface area (Å²) in [5.74, 6) is 2.09. The van der Waals surface area contributed by atoms with Crippen LogP contribution in [-0.4, -0.2) is 14.1 Å². The van der Waals surface area contributed by atoms with Crippen LogP contribution >= 0.6 is 0 Å². The second-order valence-corrected chi connectivity index (χ2v) is 18.3. The number of nitrogens with zero attached hydrogens (tertiary/aromatic N) is 5. The zero-order valence-corrected chi connectivity index (χ0v) is 38.4. The van der Waals surface area contributed by atoms with E-state index in [9.17, 15) is 0 Å². The predicted octanol–water partition coefficient (Wildman–Crippen LogP) is 14.7. The standard InChI is InChI=1S/C56H46N5O.Pt/c1-55(2,3)37-28-29-57-54(32-37)61-49-21-13-10-18-44(49)46-26-25-42(35-53(46)61)62-43-31-38(56(4,5)6)30-41(33-43)59-36-58(51-22-14-15-23-52(51)59)40-24-27-50-47(34-40)45-19-11-12-20-48(45)60(50)39-16-8-7-9-17-39;/h7-32,34,36H,1-6H3;/q-3;. The van der Waals surface area contributed by atoms with Crippen LogP contribution in [0.1, 0.15) is 52.7 Å². The summed E-state index contributed by atoms with van der Waals surface area (Å²) in [4.78, 5) is 9.39. The summed E-state index contributed by atoms with van der Waals surface area (Å²) in [6.45, 7) is 15.6. The Morgan fingerprint density at radius 1 is 0.492 bits per heavy atom. The molecule has 314 valence electrons. The molecule has 0 bridgehead atoms. The van der Waals surface area contributed by atoms with Crippen molar-refractivity contribution in [3.05, 3.63) is 194 Å². The summed E-state index contributed by atoms with van der Waals surface area (Å²) in [6.07, 6.45) is 1.91. The third-order valence-electron chi connectivity index (χ3n) is 12.2. The average molecular weight is 1000 g/mol. The minimum Gasteiger partial charge on any atom is -0.509 e. The van der Waals surface area contributed by atoms with Crippen molar-refractivity contribution in [2.24, 2.45) is 0 Å². The van der Waals surface area contributed by atoms with E-state index in [1.165, 1.54) is 27.4 Å². The van der Waals surface area contributed by atoms with Gasteiger partial charge in [-0.2, -0.15) is 6.07 Å². The van der Waals surface area contributed by atoms with Crippen LogP contribution in [0, 0.1) is 18.8 Å². The molecule has 0 radical (unpaired) electrons. The van der Waals surface area contributed by atoms with E-state index in [0.717, 1.165) is 61.6 Å². The van der Waals surface area contributed by atoms with E-state index in [2.05, 4.69) is 231 Å². The molecule has 0 unspecified atom stereocenters. The van der Waals surface area contributed by atoms with Crippen molar-refractivity contribution in [2.75, 3.05) is 9.80 Å². The molecule has 4 heterocycles. The van der Waals surface area contributed by atoms with Crippen molar-refractivity contribution in [1.82, 2.24) is 14.1 Å². The molecule has 7 heteroatoms. The van der Waals surface area contributed by atoms with Crippen LogP contribution in [0.5, 0.6) is 11.5 Å². The first kappa shape index (κ1) is 40.5. The van der Waals surface area contributed by atoms with Crippen LogP contribution in [0.4, 0.5) is 22.7 Å². The molecule has 7 aromatic carbocycles. The van der Waals surface area contributed by atoms with Gasteiger partial charge in [0.05, 0.1) is 11.0 Å². The molecule has 1 aliphatic rings. The van der Waals surface area contributed by atoms with Crippen LogP contribution in [0.2, 0.25) is 0 Å². The van der Waals surface area contributed by atoms with E-state index >= 15 is 0 Å². The predicted molar refractivity (Wildman–Crippen MR) is 256 cm³/mol. The van der Waals surface area contributed by atoms with Gasteiger partial charge in [0.25, 0.3) is 0 Å². The van der Waals surface area contributed by atoms with E-state index in [1.54, 1.807) is 0 Å². The molecular formula is C56H46N5OPt-3. The zero-order valence-electron chi connectivity index (χ0n) is 36.1. The van der Waals surface area contributed by atoms with Gasteiger partial charge < -0.3 is 23.7 Å². The fourth-order valence-corrected chi connectivity index (χ4v) is 8.92. The maximum atomic E-state index is 6.81. The second kappa shape index (κ2) is 15.3. The number of pyridine rings is 1. The average Bonchev–Trinajstić information content (AvgIpc) is 3.94. The fraction of sp³-hybridized carbons (Fsp3) is 0.143. The van der Waals surface area contributed by atoms with Gasteiger partial charge in [-0.25, -0.2) is 4.98 Å². The number of benzene rings is 7. The molecule has 0 N–H and O–H groups in total. The molecule has 0 atom stereocenters. The van der Waals surface area contributed by atoms with Crippen molar-refractivity contribution >= 4 is 66.4 Å². The molecule has 0 fully saturated rings. The van der Waals surface area contributed by atoms with Crippen LogP contribution in [0.3, 0.4) is 0 Å². The Balaban J connectivity index is 0.00000471. The molecule has 0 aliphatic carbocycles. The number of rotatable bonds is 6. The van der Waals surface area contributed by atoms with E-state index < -0.39 is 0 Å². The number of para-hydroxylation sites is 5. The molecule has 11 rings (SSSR count). The monoisotopic (exact) mass is 999 g/mol. The SMILES string of the molecule is CC(C)(C)c1cc(Oc2[c-]c3c(cc2)c2ccccc2n3-c2cc(C(C)(C)C)ccn2)[c-]c(N2[CH-]N(c3ccc4c(c3)c3ccccc3n4-c3ccccc3)c3ccccc32)c1.[Pt]. The summed E-state index contributed by atoms with van der Waals surface area (Å²) in [6, 6.07) is 63.2. The van der Waals surface area contributed by atoms with Crippen molar-refractivity contribution in [3.63, 3.8) is 0 Å². The molecule has 0 saturated heterocycles. The van der Waals surface area contributed by atoms with Crippen LogP contribution in [0.15, 0.2) is 164 Å². The Labute approximate surface area is 383 Å². The minimum absolute atomic E-state index is 0. The van der Waals surface area contributed by atoms with E-state index in [4.69, 9.17) is 9.72 Å². The van der Waals surface area contributed by atoms with Gasteiger partial charge in [0, 0.05) is 77.8 Å². The normalized spacial score (nSPS) is 13.0. The Kier molecular flexibility index (Phi) is 9.84. The van der Waals surface area contributed by atoms with Gasteiger partial charge in [-0.15, -0.1) is 53.6 Å². The number of ether oxygens (including phenoxy) is 1. The number of fused-ring (bicyclic) bond motifs is 7. The van der Waals surface area contributed by atoms with Gasteiger partial charge >= 0.3 is 0 Å². The van der Waals surface area contributed by atoms with Crippen LogP contribution in [-0.2, 0) is 31.9 Å². The first-order chi connectivity index (χ1) is 30.0. The third kappa shape index (κ3) is 6.98. The molecule has 1 aliphatic heterocycles. The summed E-state index contributed by atoms with van der Waals surface area (Å²) in [7, 11) is 0. The number of hydrogen-bond acceptors (Lipinski definition) is 4. The third-order valence-corrected chi connectivity index (χ3v) is 12.2. The molecule has 10 aromatic rings. The summed E-state index contributed by atoms with van der Waals surface area (Å²) in [5.41, 5.74) is 11.8. The van der Waals surface area contributed by atoms with Crippen LogP contribution < -0.4 is 14.5 Å². The Bertz CT molecular complexity index is 3350. The van der Waals surface area contributed by atoms with Gasteiger partial charge in [-0.1, -0.05) is 114 Å². The Hall–Kier alpha value is -6.62. The largest absolute Gasteiger partial charge is 0.509 e. The Morgan fingerprint density at radius 3 is 1.86 bits per heavy atom. The first-order valence-electron chi connectivity index (χ1n) is 21.3. The number of aromatic nitrogens is 3. The van der Waals surface area contributed by atoms with Gasteiger partial charge in [0.15, 0.2) is 0 Å². The summed E-state index contributed by atoms with van der Waals surface area (Å²) in [5, 5.41) is 4.66. The van der Waals surface area contributed by atoms with Gasteiger partial charge in [-0.05, 0) is 88.5 Å². The second-order valence-electron chi connectivity index (χ2n) is 18.3. The van der Waals surface area contributed by atoms with Gasteiger partial charge in [0.1, 0.15) is 5.82 Å². The van der Waals surface area contributed by atoms with Crippen molar-refractivity contribution in [3.8, 4) is 23.0 Å². The molecule has 6 nitrogen and oxygen atoms in total. The summed E-state index contributed by atoms with van der Waals surface area (Å²) < 4.78 is 11.4. The smallest absolute Gasteiger partial charge is 0.135 e. The molecule has 0 saturated carbocycles. The molecule has 0 spiro atoms. The van der Waals surface area contributed by atoms with Crippen molar-refractivity contribution in [2.45, 2.75) is 52.4 Å². The minimum atomic E-state index is -0.164. The maximum Gasteiger partial charge on any atom is 0.135 e. The van der Waals surface area contributed by atoms with Gasteiger partial charge in [0.2, 0.25) is 0 Å². The molecule has 63 heavy (non-hydrogen) atoms. The zero-order chi connectivity index (χ0) is 42.3. The fourth-order valence-electron chi connectivity index (χ4n) is 8.92.